The van der Waals surface area contributed by atoms with Crippen molar-refractivity contribution in [1.82, 2.24) is 24.5 Å². The summed E-state index contributed by atoms with van der Waals surface area (Å²) < 4.78 is 69.3. The quantitative estimate of drug-likeness (QED) is 0.366. The van der Waals surface area contributed by atoms with Gasteiger partial charge in [-0.3, -0.25) is 19.1 Å². The zero-order valence-electron chi connectivity index (χ0n) is 16.0. The molecule has 12 nitrogen and oxygen atoms in total. The molecular weight excluding hydrogens is 491 g/mol. The molecular formula is C16H12F3N7O5S2. The Balaban J connectivity index is 1.95. The highest BCUT2D eigenvalue weighted by atomic mass is 32.2. The number of nitrogens with two attached hydrogens (primary N) is 1. The van der Waals surface area contributed by atoms with Gasteiger partial charge in [-0.15, -0.1) is 10.2 Å². The van der Waals surface area contributed by atoms with Gasteiger partial charge >= 0.3 is 11.9 Å². The molecule has 3 aromatic rings. The Morgan fingerprint density at radius 1 is 1.15 bits per heavy atom. The summed E-state index contributed by atoms with van der Waals surface area (Å²) in [6.45, 7) is -0.327. The summed E-state index contributed by atoms with van der Waals surface area (Å²) in [6.07, 6.45) is -5.65. The maximum absolute atomic E-state index is 14.4. The number of halogens is 3. The van der Waals surface area contributed by atoms with Crippen LogP contribution in [0.2, 0.25) is 0 Å². The number of nitrogens with zero attached hydrogens (tertiary/aromatic N) is 3. The van der Waals surface area contributed by atoms with Gasteiger partial charge in [0.25, 0.3) is 21.5 Å². The van der Waals surface area contributed by atoms with Gasteiger partial charge in [0.05, 0.1) is 12.1 Å². The second kappa shape index (κ2) is 7.49. The maximum atomic E-state index is 14.4. The van der Waals surface area contributed by atoms with Gasteiger partial charge in [-0.05, 0) is 5.56 Å². The molecule has 1 aliphatic heterocycles. The molecule has 4 rings (SSSR count). The van der Waals surface area contributed by atoms with Crippen molar-refractivity contribution in [2.45, 2.75) is 22.6 Å². The Hall–Kier alpha value is -3.57. The highest BCUT2D eigenvalue weighted by Gasteiger charge is 2.69. The number of anilines is 2. The average Bonchev–Trinajstić information content (AvgIpc) is 3.28. The summed E-state index contributed by atoms with van der Waals surface area (Å²) in [6, 6.07) is 7.98. The van der Waals surface area contributed by atoms with E-state index in [0.29, 0.717) is 10.1 Å². The molecule has 174 valence electrons. The van der Waals surface area contributed by atoms with Crippen LogP contribution in [-0.4, -0.2) is 40.2 Å². The normalized spacial score (nSPS) is 18.2. The number of aromatic amines is 1. The maximum Gasteiger partial charge on any atom is 0.421 e. The van der Waals surface area contributed by atoms with E-state index in [-0.39, 0.29) is 23.0 Å². The number of carbonyl (C=O) groups excluding carboxylic acids is 1. The number of H-pyrrole nitrogens is 1. The lowest BCUT2D eigenvalue weighted by Crippen LogP contribution is -2.61. The number of hydrogen-bond donors (Lipinski definition) is 4. The van der Waals surface area contributed by atoms with Gasteiger partial charge in [0, 0.05) is 0 Å². The number of hydrogen-bond acceptors (Lipinski definition) is 9. The lowest BCUT2D eigenvalue weighted by atomic mass is 9.93. The van der Waals surface area contributed by atoms with Crippen LogP contribution in [0.1, 0.15) is 11.1 Å². The Morgan fingerprint density at radius 3 is 2.39 bits per heavy atom. The smallest absolute Gasteiger partial charge is 0.374 e. The monoisotopic (exact) mass is 503 g/mol. The van der Waals surface area contributed by atoms with Crippen LogP contribution < -0.4 is 27.0 Å². The fourth-order valence-electron chi connectivity index (χ4n) is 3.28. The number of benzene rings is 1. The molecule has 1 atom stereocenters. The standard InChI is InChI=1S/C16H12F3N7O5S2/c17-16(18,19)15(25-33(30,31)14-24-23-12(20)32-14)8-9(21-11(15)28)26(13(29)22-10(8)27)6-7-4-2-1-3-5-7/h1-5,25H,6H2,(H2,20,23)(H,21,28)(H,22,27,29). The molecule has 0 bridgehead atoms. The molecule has 1 aromatic carbocycles. The van der Waals surface area contributed by atoms with Gasteiger partial charge in [-0.2, -0.15) is 17.9 Å². The minimum Gasteiger partial charge on any atom is -0.374 e. The van der Waals surface area contributed by atoms with E-state index in [9.17, 15) is 36.0 Å². The van der Waals surface area contributed by atoms with Gasteiger partial charge in [0.1, 0.15) is 5.82 Å². The Morgan fingerprint density at radius 2 is 1.82 bits per heavy atom. The Labute approximate surface area is 185 Å². The average molecular weight is 503 g/mol. The van der Waals surface area contributed by atoms with Crippen LogP contribution in [-0.2, 0) is 26.9 Å². The van der Waals surface area contributed by atoms with Crippen LogP contribution in [0.5, 0.6) is 0 Å². The van der Waals surface area contributed by atoms with E-state index in [0.717, 1.165) is 0 Å². The molecule has 5 N–H and O–H groups in total. The van der Waals surface area contributed by atoms with Crippen molar-refractivity contribution in [3.05, 3.63) is 62.3 Å². The summed E-state index contributed by atoms with van der Waals surface area (Å²) in [5.74, 6) is -2.72. The molecule has 17 heteroatoms. The van der Waals surface area contributed by atoms with E-state index in [4.69, 9.17) is 5.73 Å². The third-order valence-electron chi connectivity index (χ3n) is 4.70. The van der Waals surface area contributed by atoms with E-state index in [1.54, 1.807) is 35.3 Å². The molecule has 3 heterocycles. The molecule has 1 amide bonds. The van der Waals surface area contributed by atoms with E-state index < -0.39 is 54.6 Å². The largest absolute Gasteiger partial charge is 0.421 e. The SMILES string of the molecule is Nc1nnc(S(=O)(=O)NC2(C(F)(F)F)C(=O)Nc3c2c(=O)[nH]c(=O)n3Cc2ccccc2)s1. The van der Waals surface area contributed by atoms with Gasteiger partial charge in [0.2, 0.25) is 15.0 Å². The first-order valence-electron chi connectivity index (χ1n) is 8.79. The molecule has 0 aliphatic carbocycles. The fourth-order valence-corrected chi connectivity index (χ4v) is 5.39. The number of nitrogens with one attached hydrogen (secondary N) is 3. The summed E-state index contributed by atoms with van der Waals surface area (Å²) in [4.78, 5) is 39.3. The number of alkyl halides is 3. The molecule has 1 aliphatic rings. The van der Waals surface area contributed by atoms with Crippen molar-refractivity contribution >= 4 is 38.2 Å². The van der Waals surface area contributed by atoms with Crippen LogP contribution in [0.4, 0.5) is 24.1 Å². The first kappa shape index (κ1) is 22.6. The second-order valence-electron chi connectivity index (χ2n) is 6.77. The number of rotatable bonds is 5. The molecule has 0 saturated carbocycles. The first-order valence-corrected chi connectivity index (χ1v) is 11.1. The first-order chi connectivity index (χ1) is 15.4. The summed E-state index contributed by atoms with van der Waals surface area (Å²) in [7, 11) is -5.14. The number of fused-ring (bicyclic) bond motifs is 1. The highest BCUT2D eigenvalue weighted by molar-refractivity contribution is 7.91. The van der Waals surface area contributed by atoms with Crippen molar-refractivity contribution in [3.8, 4) is 0 Å². The molecule has 1 unspecified atom stereocenters. The molecule has 0 fully saturated rings. The van der Waals surface area contributed by atoms with Gasteiger partial charge in [0.15, 0.2) is 0 Å². The van der Waals surface area contributed by atoms with E-state index in [1.807, 2.05) is 5.32 Å². The molecule has 33 heavy (non-hydrogen) atoms. The molecule has 0 radical (unpaired) electrons. The van der Waals surface area contributed by atoms with Crippen molar-refractivity contribution in [2.24, 2.45) is 0 Å². The summed E-state index contributed by atoms with van der Waals surface area (Å²) in [5.41, 5.74) is -2.35. The minimum atomic E-state index is -5.65. The van der Waals surface area contributed by atoms with Gasteiger partial charge < -0.3 is 11.1 Å². The number of sulfonamides is 1. The number of nitrogen functional groups attached to an aromatic ring is 1. The third kappa shape index (κ3) is 3.58. The highest BCUT2D eigenvalue weighted by Crippen LogP contribution is 2.46. The van der Waals surface area contributed by atoms with Gasteiger partial charge in [-0.1, -0.05) is 41.7 Å². The summed E-state index contributed by atoms with van der Waals surface area (Å²) >= 11 is 0.246. The second-order valence-corrected chi connectivity index (χ2v) is 9.63. The molecule has 2 aromatic heterocycles. The minimum absolute atomic E-state index is 0.246. The fraction of sp³-hybridized carbons (Fsp3) is 0.188. The molecule has 0 spiro atoms. The third-order valence-corrected chi connectivity index (χ3v) is 7.27. The molecule has 0 saturated heterocycles. The van der Waals surface area contributed by atoms with Crippen molar-refractivity contribution < 1.29 is 26.4 Å². The van der Waals surface area contributed by atoms with Crippen LogP contribution >= 0.6 is 11.3 Å². The van der Waals surface area contributed by atoms with Crippen molar-refractivity contribution in [3.63, 3.8) is 0 Å². The van der Waals surface area contributed by atoms with Crippen LogP contribution in [0.25, 0.3) is 0 Å². The Kier molecular flexibility index (Phi) is 5.14. The predicted octanol–water partition coefficient (Wildman–Crippen LogP) is -0.293. The predicted molar refractivity (Wildman–Crippen MR) is 108 cm³/mol. The van der Waals surface area contributed by atoms with Crippen LogP contribution in [0.3, 0.4) is 0 Å². The van der Waals surface area contributed by atoms with Crippen LogP contribution in [0, 0.1) is 0 Å². The number of amides is 1. The topological polar surface area (TPSA) is 182 Å². The lowest BCUT2D eigenvalue weighted by Gasteiger charge is -2.29. The Bertz CT molecular complexity index is 1480. The zero-order chi connectivity index (χ0) is 24.2. The summed E-state index contributed by atoms with van der Waals surface area (Å²) in [5, 5.41) is 7.90. The van der Waals surface area contributed by atoms with Crippen molar-refractivity contribution in [2.75, 3.05) is 11.1 Å². The van der Waals surface area contributed by atoms with Crippen LogP contribution in [0.15, 0.2) is 44.3 Å². The zero-order valence-corrected chi connectivity index (χ0v) is 17.6. The van der Waals surface area contributed by atoms with E-state index >= 15 is 0 Å². The number of carbonyl (C=O) groups is 1. The van der Waals surface area contributed by atoms with Crippen molar-refractivity contribution in [1.29, 1.82) is 0 Å². The lowest BCUT2D eigenvalue weighted by molar-refractivity contribution is -0.194. The van der Waals surface area contributed by atoms with E-state index in [1.165, 1.54) is 4.72 Å². The van der Waals surface area contributed by atoms with Gasteiger partial charge in [-0.25, -0.2) is 13.2 Å². The van der Waals surface area contributed by atoms with E-state index in [2.05, 4.69) is 10.2 Å². The number of aromatic nitrogens is 4.